The molecule has 3 rings (SSSR count). The van der Waals surface area contributed by atoms with Crippen molar-refractivity contribution in [2.24, 2.45) is 0 Å². The Hall–Kier alpha value is -2.04. The first-order valence-electron chi connectivity index (χ1n) is 6.26. The van der Waals surface area contributed by atoms with E-state index >= 15 is 0 Å². The number of halogens is 4. The summed E-state index contributed by atoms with van der Waals surface area (Å²) in [6.07, 6.45) is -4.59. The summed E-state index contributed by atoms with van der Waals surface area (Å²) in [5.41, 5.74) is 0.854. The number of nitrogens with zero attached hydrogens (tertiary/aromatic N) is 3. The maximum atomic E-state index is 12.5. The fraction of sp³-hybridized carbons (Fsp3) is 0.0769. The van der Waals surface area contributed by atoms with E-state index < -0.39 is 17.1 Å². The first-order valence-corrected chi connectivity index (χ1v) is 8.34. The lowest BCUT2D eigenvalue weighted by molar-refractivity contribution is -0.138. The molecular formula is C13H6ClF3N4OS2. The van der Waals surface area contributed by atoms with Crippen LogP contribution in [-0.2, 0) is 6.18 Å². The van der Waals surface area contributed by atoms with Crippen molar-refractivity contribution in [1.29, 1.82) is 0 Å². The highest BCUT2D eigenvalue weighted by Gasteiger charge is 2.35. The van der Waals surface area contributed by atoms with Crippen LogP contribution in [0.2, 0.25) is 5.02 Å². The predicted octanol–water partition coefficient (Wildman–Crippen LogP) is 4.59. The van der Waals surface area contributed by atoms with Gasteiger partial charge in [0.25, 0.3) is 5.91 Å². The summed E-state index contributed by atoms with van der Waals surface area (Å²) in [5.74, 6) is -0.656. The smallest absolute Gasteiger partial charge is 0.295 e. The van der Waals surface area contributed by atoms with Crippen LogP contribution in [0.5, 0.6) is 0 Å². The van der Waals surface area contributed by atoms with E-state index in [9.17, 15) is 18.0 Å². The first-order chi connectivity index (χ1) is 11.3. The Kier molecular flexibility index (Phi) is 4.52. The summed E-state index contributed by atoms with van der Waals surface area (Å²) in [7, 11) is 0. The van der Waals surface area contributed by atoms with E-state index in [1.165, 1.54) is 16.7 Å². The lowest BCUT2D eigenvalue weighted by atomic mass is 10.2. The highest BCUT2D eigenvalue weighted by molar-refractivity contribution is 7.15. The minimum Gasteiger partial charge on any atom is -0.295 e. The summed E-state index contributed by atoms with van der Waals surface area (Å²) in [4.78, 5) is 16.2. The van der Waals surface area contributed by atoms with Crippen LogP contribution in [0.3, 0.4) is 0 Å². The molecule has 0 radical (unpaired) electrons. The molecule has 24 heavy (non-hydrogen) atoms. The zero-order chi connectivity index (χ0) is 17.3. The van der Waals surface area contributed by atoms with Gasteiger partial charge in [-0.05, 0) is 12.1 Å². The van der Waals surface area contributed by atoms with Gasteiger partial charge in [0.2, 0.25) is 10.1 Å². The second-order valence-electron chi connectivity index (χ2n) is 4.41. The minimum atomic E-state index is -4.59. The fourth-order valence-electron chi connectivity index (χ4n) is 1.65. The summed E-state index contributed by atoms with van der Waals surface area (Å²) in [6, 6.07) is 6.89. The van der Waals surface area contributed by atoms with E-state index in [2.05, 4.69) is 20.5 Å². The molecule has 5 nitrogen and oxygen atoms in total. The largest absolute Gasteiger partial charge is 0.445 e. The van der Waals surface area contributed by atoms with Gasteiger partial charge >= 0.3 is 6.18 Å². The molecule has 0 aliphatic rings. The maximum absolute atomic E-state index is 12.5. The summed E-state index contributed by atoms with van der Waals surface area (Å²) >= 11 is 7.28. The zero-order valence-electron chi connectivity index (χ0n) is 11.5. The van der Waals surface area contributed by atoms with Gasteiger partial charge in [-0.3, -0.25) is 10.1 Å². The molecule has 1 N–H and O–H groups in total. The van der Waals surface area contributed by atoms with Crippen LogP contribution in [0.15, 0.2) is 29.6 Å². The van der Waals surface area contributed by atoms with Crippen molar-refractivity contribution in [2.75, 3.05) is 5.32 Å². The molecule has 0 bridgehead atoms. The molecule has 2 aromatic heterocycles. The third-order valence-corrected chi connectivity index (χ3v) is 4.74. The van der Waals surface area contributed by atoms with Crippen LogP contribution in [0.25, 0.3) is 10.6 Å². The van der Waals surface area contributed by atoms with Crippen LogP contribution in [0.1, 0.15) is 15.5 Å². The molecule has 0 aliphatic carbocycles. The molecule has 1 aromatic carbocycles. The Labute approximate surface area is 146 Å². The van der Waals surface area contributed by atoms with Crippen LogP contribution in [-0.4, -0.2) is 21.1 Å². The Bertz CT molecular complexity index is 876. The van der Waals surface area contributed by atoms with Gasteiger partial charge in [-0.2, -0.15) is 13.2 Å². The summed E-state index contributed by atoms with van der Waals surface area (Å²) < 4.78 is 37.4. The Morgan fingerprint density at radius 1 is 1.17 bits per heavy atom. The quantitative estimate of drug-likeness (QED) is 0.710. The molecule has 124 valence electrons. The number of benzene rings is 1. The molecule has 0 aliphatic heterocycles. The monoisotopic (exact) mass is 390 g/mol. The number of nitrogens with one attached hydrogen (secondary N) is 1. The van der Waals surface area contributed by atoms with Crippen LogP contribution >= 0.6 is 34.3 Å². The van der Waals surface area contributed by atoms with E-state index in [0.717, 1.165) is 5.56 Å². The molecule has 0 fully saturated rings. The molecule has 0 unspecified atom stereocenters. The second-order valence-corrected chi connectivity index (χ2v) is 6.68. The third-order valence-electron chi connectivity index (χ3n) is 2.72. The number of hydrogen-bond donors (Lipinski definition) is 1. The predicted molar refractivity (Wildman–Crippen MR) is 85.4 cm³/mol. The minimum absolute atomic E-state index is 0.0775. The molecule has 0 atom stereocenters. The van der Waals surface area contributed by atoms with Crippen molar-refractivity contribution >= 4 is 45.3 Å². The van der Waals surface area contributed by atoms with Crippen molar-refractivity contribution in [3.05, 3.63) is 45.4 Å². The Morgan fingerprint density at radius 2 is 1.88 bits per heavy atom. The number of rotatable bonds is 3. The van der Waals surface area contributed by atoms with Crippen molar-refractivity contribution in [3.8, 4) is 10.6 Å². The number of alkyl halides is 3. The van der Waals surface area contributed by atoms with Crippen LogP contribution in [0, 0.1) is 0 Å². The third kappa shape index (κ3) is 3.71. The van der Waals surface area contributed by atoms with Gasteiger partial charge in [0.1, 0.15) is 10.7 Å². The maximum Gasteiger partial charge on any atom is 0.445 e. The van der Waals surface area contributed by atoms with E-state index in [1.807, 2.05) is 0 Å². The van der Waals surface area contributed by atoms with Crippen molar-refractivity contribution in [1.82, 2.24) is 15.2 Å². The number of anilines is 1. The summed E-state index contributed by atoms with van der Waals surface area (Å²) in [5, 5.41) is 9.85. The van der Waals surface area contributed by atoms with Crippen molar-refractivity contribution in [2.45, 2.75) is 6.18 Å². The highest BCUT2D eigenvalue weighted by Crippen LogP contribution is 2.33. The zero-order valence-corrected chi connectivity index (χ0v) is 13.9. The number of carbonyl (C=O) groups excluding carboxylic acids is 1. The van der Waals surface area contributed by atoms with Crippen molar-refractivity contribution in [3.63, 3.8) is 0 Å². The molecule has 1 amide bonds. The molecule has 0 saturated carbocycles. The molecule has 11 heteroatoms. The average Bonchev–Trinajstić information content (AvgIpc) is 3.16. The molecular weight excluding hydrogens is 385 g/mol. The standard InChI is InChI=1S/C13H6ClF3N4OS2/c14-7-3-1-6(2-4-7)10-18-8(5-23-10)9(22)19-12-21-20-11(24-12)13(15,16)17/h1-5H,(H,19,21,22). The fourth-order valence-corrected chi connectivity index (χ4v) is 3.19. The van der Waals surface area contributed by atoms with Gasteiger partial charge in [0, 0.05) is 16.0 Å². The Morgan fingerprint density at radius 3 is 2.50 bits per heavy atom. The number of carbonyl (C=O) groups is 1. The normalized spacial score (nSPS) is 11.5. The number of aromatic nitrogens is 3. The van der Waals surface area contributed by atoms with Crippen LogP contribution in [0.4, 0.5) is 18.3 Å². The lowest BCUT2D eigenvalue weighted by Crippen LogP contribution is -2.12. The van der Waals surface area contributed by atoms with Gasteiger partial charge < -0.3 is 0 Å². The van der Waals surface area contributed by atoms with Gasteiger partial charge in [-0.25, -0.2) is 4.98 Å². The second kappa shape index (κ2) is 6.46. The van der Waals surface area contributed by atoms with Gasteiger partial charge in [-0.15, -0.1) is 21.5 Å². The lowest BCUT2D eigenvalue weighted by Gasteiger charge is -1.98. The molecule has 3 aromatic rings. The van der Waals surface area contributed by atoms with E-state index in [4.69, 9.17) is 11.6 Å². The van der Waals surface area contributed by atoms with E-state index in [1.54, 1.807) is 24.3 Å². The van der Waals surface area contributed by atoms with Gasteiger partial charge in [-0.1, -0.05) is 35.1 Å². The van der Waals surface area contributed by atoms with E-state index in [-0.39, 0.29) is 22.2 Å². The SMILES string of the molecule is O=C(Nc1nnc(C(F)(F)F)s1)c1csc(-c2ccc(Cl)cc2)n1. The number of hydrogen-bond acceptors (Lipinski definition) is 6. The number of thiazole rings is 1. The molecule has 0 spiro atoms. The highest BCUT2D eigenvalue weighted by atomic mass is 35.5. The summed E-state index contributed by atoms with van der Waals surface area (Å²) in [6.45, 7) is 0. The molecule has 0 saturated heterocycles. The Balaban J connectivity index is 1.74. The van der Waals surface area contributed by atoms with Gasteiger partial charge in [0.15, 0.2) is 0 Å². The van der Waals surface area contributed by atoms with Crippen molar-refractivity contribution < 1.29 is 18.0 Å². The van der Waals surface area contributed by atoms with E-state index in [0.29, 0.717) is 10.0 Å². The molecule has 2 heterocycles. The average molecular weight is 391 g/mol. The topological polar surface area (TPSA) is 67.8 Å². The van der Waals surface area contributed by atoms with Crippen LogP contribution < -0.4 is 5.32 Å². The first kappa shape index (κ1) is 16.8. The number of amides is 1. The van der Waals surface area contributed by atoms with Gasteiger partial charge in [0.05, 0.1) is 0 Å².